The van der Waals surface area contributed by atoms with Gasteiger partial charge in [0.25, 0.3) is 5.88 Å². The van der Waals surface area contributed by atoms with E-state index in [2.05, 4.69) is 15.1 Å². The summed E-state index contributed by atoms with van der Waals surface area (Å²) in [4.78, 5) is 21.6. The number of hydrogen-bond acceptors (Lipinski definition) is 5. The van der Waals surface area contributed by atoms with Gasteiger partial charge in [0.15, 0.2) is 0 Å². The Morgan fingerprint density at radius 3 is 3.09 bits per heavy atom. The molecule has 0 saturated carbocycles. The summed E-state index contributed by atoms with van der Waals surface area (Å²) in [5.74, 6) is -0.586. The lowest BCUT2D eigenvalue weighted by Gasteiger charge is -2.17. The number of aryl methyl sites for hydroxylation is 1. The first kappa shape index (κ1) is 15.4. The van der Waals surface area contributed by atoms with Gasteiger partial charge < -0.3 is 9.64 Å². The topological polar surface area (TPSA) is 73.1 Å². The fraction of sp³-hybridized carbons (Fsp3) is 0.467. The van der Waals surface area contributed by atoms with E-state index < -0.39 is 5.82 Å². The largest absolute Gasteiger partial charge is 0.470 e. The molecule has 0 spiro atoms. The molecule has 3 heterocycles. The van der Waals surface area contributed by atoms with E-state index >= 15 is 0 Å². The second kappa shape index (κ2) is 6.72. The molecule has 0 aromatic carbocycles. The smallest absolute Gasteiger partial charge is 0.254 e. The van der Waals surface area contributed by atoms with Crippen LogP contribution in [0.15, 0.2) is 24.8 Å². The molecule has 1 atom stereocenters. The van der Waals surface area contributed by atoms with E-state index in [0.717, 1.165) is 0 Å². The molecule has 8 heteroatoms. The zero-order valence-corrected chi connectivity index (χ0v) is 12.9. The lowest BCUT2D eigenvalue weighted by atomic mass is 10.3. The second-order valence-electron chi connectivity index (χ2n) is 5.36. The third-order valence-corrected chi connectivity index (χ3v) is 3.80. The van der Waals surface area contributed by atoms with Crippen molar-refractivity contribution in [1.82, 2.24) is 24.6 Å². The Morgan fingerprint density at radius 2 is 2.35 bits per heavy atom. The van der Waals surface area contributed by atoms with Gasteiger partial charge in [0.05, 0.1) is 12.2 Å². The lowest BCUT2D eigenvalue weighted by molar-refractivity contribution is -0.131. The molecule has 1 aliphatic heterocycles. The highest BCUT2D eigenvalue weighted by Gasteiger charge is 2.29. The monoisotopic (exact) mass is 319 g/mol. The Labute approximate surface area is 133 Å². The molecule has 1 aliphatic rings. The van der Waals surface area contributed by atoms with Gasteiger partial charge in [-0.2, -0.15) is 14.5 Å². The molecule has 0 unspecified atom stereocenters. The Morgan fingerprint density at radius 1 is 1.48 bits per heavy atom. The molecule has 0 N–H and O–H groups in total. The quantitative estimate of drug-likeness (QED) is 0.824. The zero-order chi connectivity index (χ0) is 16.2. The number of ether oxygens (including phenoxy) is 1. The maximum absolute atomic E-state index is 14.1. The average Bonchev–Trinajstić information content (AvgIpc) is 3.21. The number of rotatable bonds is 5. The van der Waals surface area contributed by atoms with Gasteiger partial charge in [-0.05, 0) is 12.5 Å². The minimum absolute atomic E-state index is 0.0304. The summed E-state index contributed by atoms with van der Waals surface area (Å²) in [5, 5.41) is 4.02. The fourth-order valence-corrected chi connectivity index (χ4v) is 2.56. The van der Waals surface area contributed by atoms with E-state index in [1.807, 2.05) is 6.92 Å². The standard InChI is InChI=1S/C15H18FN5O2/c1-2-12-14(16)15(18-10-17-12)23-11-4-7-20(8-11)13(22)9-21-6-3-5-19-21/h3,5-6,10-11H,2,4,7-9H2,1H3/t11-/m0/s1. The summed E-state index contributed by atoms with van der Waals surface area (Å²) in [7, 11) is 0. The van der Waals surface area contributed by atoms with Gasteiger partial charge in [-0.1, -0.05) is 6.92 Å². The highest BCUT2D eigenvalue weighted by Crippen LogP contribution is 2.21. The van der Waals surface area contributed by atoms with E-state index in [-0.39, 0.29) is 24.4 Å². The van der Waals surface area contributed by atoms with Gasteiger partial charge in [-0.25, -0.2) is 4.98 Å². The van der Waals surface area contributed by atoms with Crippen LogP contribution in [0.2, 0.25) is 0 Å². The summed E-state index contributed by atoms with van der Waals surface area (Å²) in [5.41, 5.74) is 0.333. The number of halogens is 1. The summed E-state index contributed by atoms with van der Waals surface area (Å²) < 4.78 is 21.3. The van der Waals surface area contributed by atoms with Crippen LogP contribution < -0.4 is 4.74 Å². The zero-order valence-electron chi connectivity index (χ0n) is 12.9. The molecule has 3 rings (SSSR count). The van der Waals surface area contributed by atoms with Crippen LogP contribution in [0.4, 0.5) is 4.39 Å². The molecule has 1 amide bonds. The van der Waals surface area contributed by atoms with Crippen molar-refractivity contribution in [2.75, 3.05) is 13.1 Å². The van der Waals surface area contributed by atoms with E-state index in [0.29, 0.717) is 31.6 Å². The minimum Gasteiger partial charge on any atom is -0.470 e. The third kappa shape index (κ3) is 3.46. The van der Waals surface area contributed by atoms with Crippen LogP contribution in [-0.2, 0) is 17.8 Å². The van der Waals surface area contributed by atoms with E-state index in [9.17, 15) is 9.18 Å². The number of carbonyl (C=O) groups is 1. The van der Waals surface area contributed by atoms with Gasteiger partial charge in [0.1, 0.15) is 19.0 Å². The van der Waals surface area contributed by atoms with E-state index in [1.54, 1.807) is 28.0 Å². The van der Waals surface area contributed by atoms with E-state index in [4.69, 9.17) is 4.74 Å². The van der Waals surface area contributed by atoms with Crippen molar-refractivity contribution in [2.45, 2.75) is 32.4 Å². The highest BCUT2D eigenvalue weighted by atomic mass is 19.1. The number of aromatic nitrogens is 4. The van der Waals surface area contributed by atoms with Crippen molar-refractivity contribution >= 4 is 5.91 Å². The molecule has 1 saturated heterocycles. The summed E-state index contributed by atoms with van der Waals surface area (Å²) in [6.45, 7) is 3.02. The van der Waals surface area contributed by atoms with Crippen LogP contribution in [0.1, 0.15) is 19.0 Å². The maximum atomic E-state index is 14.1. The predicted octanol–water partition coefficient (Wildman–Crippen LogP) is 1.05. The van der Waals surface area contributed by atoms with Gasteiger partial charge in [-0.3, -0.25) is 9.48 Å². The molecule has 0 aliphatic carbocycles. The van der Waals surface area contributed by atoms with Crippen molar-refractivity contribution < 1.29 is 13.9 Å². The van der Waals surface area contributed by atoms with Crippen molar-refractivity contribution in [1.29, 1.82) is 0 Å². The molecule has 1 fully saturated rings. The first-order valence-electron chi connectivity index (χ1n) is 7.58. The van der Waals surface area contributed by atoms with Gasteiger partial charge in [0, 0.05) is 25.4 Å². The SMILES string of the molecule is CCc1ncnc(O[C@H]2CCN(C(=O)Cn3cccn3)C2)c1F. The van der Waals surface area contributed by atoms with E-state index in [1.165, 1.54) is 6.33 Å². The number of nitrogens with zero attached hydrogens (tertiary/aromatic N) is 5. The third-order valence-electron chi connectivity index (χ3n) is 3.80. The van der Waals surface area contributed by atoms with Crippen molar-refractivity contribution in [3.05, 3.63) is 36.3 Å². The highest BCUT2D eigenvalue weighted by molar-refractivity contribution is 5.76. The number of likely N-dealkylation sites (tertiary alicyclic amines) is 1. The Hall–Kier alpha value is -2.51. The number of hydrogen-bond donors (Lipinski definition) is 0. The second-order valence-corrected chi connectivity index (χ2v) is 5.36. The van der Waals surface area contributed by atoms with Crippen molar-refractivity contribution in [3.8, 4) is 5.88 Å². The van der Waals surface area contributed by atoms with Crippen LogP contribution in [0.3, 0.4) is 0 Å². The van der Waals surface area contributed by atoms with Crippen LogP contribution in [0.25, 0.3) is 0 Å². The molecule has 2 aromatic heterocycles. The molecule has 122 valence electrons. The summed E-state index contributed by atoms with van der Waals surface area (Å²) >= 11 is 0. The predicted molar refractivity (Wildman–Crippen MR) is 79.2 cm³/mol. The molecule has 23 heavy (non-hydrogen) atoms. The molecular formula is C15H18FN5O2. The Bertz CT molecular complexity index is 677. The average molecular weight is 319 g/mol. The van der Waals surface area contributed by atoms with Crippen LogP contribution in [-0.4, -0.2) is 49.7 Å². The molecule has 0 bridgehead atoms. The van der Waals surface area contributed by atoms with Gasteiger partial charge >= 0.3 is 0 Å². The number of amides is 1. The van der Waals surface area contributed by atoms with Gasteiger partial charge in [-0.15, -0.1) is 0 Å². The van der Waals surface area contributed by atoms with Crippen LogP contribution in [0, 0.1) is 5.82 Å². The first-order valence-corrected chi connectivity index (χ1v) is 7.58. The van der Waals surface area contributed by atoms with Crippen molar-refractivity contribution in [3.63, 3.8) is 0 Å². The molecular weight excluding hydrogens is 301 g/mol. The normalized spacial score (nSPS) is 17.5. The summed E-state index contributed by atoms with van der Waals surface area (Å²) in [6, 6.07) is 1.77. The summed E-state index contributed by atoms with van der Waals surface area (Å²) in [6.07, 6.45) is 5.54. The van der Waals surface area contributed by atoms with Crippen LogP contribution in [0.5, 0.6) is 5.88 Å². The number of carbonyl (C=O) groups excluding carboxylic acids is 1. The van der Waals surface area contributed by atoms with Gasteiger partial charge in [0.2, 0.25) is 11.7 Å². The molecule has 7 nitrogen and oxygen atoms in total. The Balaban J connectivity index is 1.59. The molecule has 2 aromatic rings. The Kier molecular flexibility index (Phi) is 4.50. The fourth-order valence-electron chi connectivity index (χ4n) is 2.56. The van der Waals surface area contributed by atoms with Crippen molar-refractivity contribution in [2.24, 2.45) is 0 Å². The molecule has 0 radical (unpaired) electrons. The maximum Gasteiger partial charge on any atom is 0.254 e. The first-order chi connectivity index (χ1) is 11.2. The minimum atomic E-state index is -0.517. The lowest BCUT2D eigenvalue weighted by Crippen LogP contribution is -2.33. The van der Waals surface area contributed by atoms with Crippen LogP contribution >= 0.6 is 0 Å².